The molecule has 0 N–H and O–H groups in total. The van der Waals surface area contributed by atoms with E-state index in [1.54, 1.807) is 6.33 Å². The van der Waals surface area contributed by atoms with Crippen molar-refractivity contribution in [1.82, 2.24) is 19.6 Å². The third kappa shape index (κ3) is 2.68. The van der Waals surface area contributed by atoms with Gasteiger partial charge in [-0.3, -0.25) is 0 Å². The van der Waals surface area contributed by atoms with Crippen molar-refractivity contribution in [2.75, 3.05) is 37.8 Å². The topological polar surface area (TPSA) is 64.8 Å². The average Bonchev–Trinajstić information content (AvgIpc) is 3.22. The van der Waals surface area contributed by atoms with Gasteiger partial charge in [0.25, 0.3) is 5.78 Å². The molecule has 4 rings (SSSR count). The summed E-state index contributed by atoms with van der Waals surface area (Å²) in [6.07, 6.45) is 2.95. The molecule has 7 heteroatoms. The fraction of sp³-hybridized carbons (Fsp3) is 0.688. The highest BCUT2D eigenvalue weighted by atomic mass is 16.5. The first kappa shape index (κ1) is 14.8. The number of hydrogen-bond acceptors (Lipinski definition) is 6. The Kier molecular flexibility index (Phi) is 3.90. The molecule has 0 spiro atoms. The third-order valence-electron chi connectivity index (χ3n) is 4.96. The van der Waals surface area contributed by atoms with Gasteiger partial charge in [-0.25, -0.2) is 4.98 Å². The van der Waals surface area contributed by atoms with E-state index in [4.69, 9.17) is 9.47 Å². The van der Waals surface area contributed by atoms with E-state index in [9.17, 15) is 0 Å². The lowest BCUT2D eigenvalue weighted by Crippen LogP contribution is -2.26. The summed E-state index contributed by atoms with van der Waals surface area (Å²) >= 11 is 0. The average molecular weight is 317 g/mol. The van der Waals surface area contributed by atoms with Gasteiger partial charge in [0.1, 0.15) is 12.1 Å². The van der Waals surface area contributed by atoms with Crippen LogP contribution in [0.25, 0.3) is 5.78 Å². The van der Waals surface area contributed by atoms with Crippen molar-refractivity contribution < 1.29 is 9.47 Å². The lowest BCUT2D eigenvalue weighted by molar-refractivity contribution is 0.104. The van der Waals surface area contributed by atoms with Gasteiger partial charge in [0.15, 0.2) is 0 Å². The Balaban J connectivity index is 1.52. The molecule has 2 saturated heterocycles. The quantitative estimate of drug-likeness (QED) is 0.775. The Morgan fingerprint density at radius 3 is 3.17 bits per heavy atom. The molecule has 0 saturated carbocycles. The monoisotopic (exact) mass is 317 g/mol. The predicted octanol–water partition coefficient (Wildman–Crippen LogP) is 1.31. The van der Waals surface area contributed by atoms with E-state index in [1.165, 1.54) is 0 Å². The zero-order valence-corrected chi connectivity index (χ0v) is 13.7. The van der Waals surface area contributed by atoms with Gasteiger partial charge in [-0.05, 0) is 26.2 Å². The number of nitrogens with zero attached hydrogens (tertiary/aromatic N) is 5. The van der Waals surface area contributed by atoms with Crippen molar-refractivity contribution in [3.8, 4) is 0 Å². The molecule has 0 aliphatic carbocycles. The van der Waals surface area contributed by atoms with Gasteiger partial charge in [-0.2, -0.15) is 14.6 Å². The van der Waals surface area contributed by atoms with Gasteiger partial charge >= 0.3 is 0 Å². The highest BCUT2D eigenvalue weighted by Gasteiger charge is 2.44. The zero-order chi connectivity index (χ0) is 15.8. The third-order valence-corrected chi connectivity index (χ3v) is 4.96. The second-order valence-corrected chi connectivity index (χ2v) is 6.41. The summed E-state index contributed by atoms with van der Waals surface area (Å²) in [6, 6.07) is 2.08. The van der Waals surface area contributed by atoms with Gasteiger partial charge in [-0.15, -0.1) is 0 Å². The lowest BCUT2D eigenvalue weighted by Gasteiger charge is -2.22. The maximum atomic E-state index is 6.04. The summed E-state index contributed by atoms with van der Waals surface area (Å²) in [4.78, 5) is 11.0. The number of aryl methyl sites for hydroxylation is 1. The summed E-state index contributed by atoms with van der Waals surface area (Å²) in [5.74, 6) is 2.88. The molecule has 3 atom stereocenters. The minimum Gasteiger partial charge on any atom is -0.382 e. The van der Waals surface area contributed by atoms with Gasteiger partial charge in [0.2, 0.25) is 0 Å². The fourth-order valence-corrected chi connectivity index (χ4v) is 3.80. The number of aromatic nitrogens is 4. The van der Waals surface area contributed by atoms with Crippen molar-refractivity contribution in [3.05, 3.63) is 18.1 Å². The van der Waals surface area contributed by atoms with E-state index in [-0.39, 0.29) is 0 Å². The number of ether oxygens (including phenoxy) is 2. The number of hydrogen-bond donors (Lipinski definition) is 0. The van der Waals surface area contributed by atoms with Gasteiger partial charge in [-0.1, -0.05) is 0 Å². The van der Waals surface area contributed by atoms with Gasteiger partial charge < -0.3 is 14.4 Å². The lowest BCUT2D eigenvalue weighted by atomic mass is 9.91. The summed E-state index contributed by atoms with van der Waals surface area (Å²) in [7, 11) is 0. The normalized spacial score (nSPS) is 27.0. The van der Waals surface area contributed by atoms with Crippen LogP contribution in [-0.2, 0) is 9.47 Å². The Bertz CT molecular complexity index is 688. The Morgan fingerprint density at radius 2 is 2.30 bits per heavy atom. The highest BCUT2D eigenvalue weighted by molar-refractivity contribution is 5.48. The Hall–Kier alpha value is -1.73. The van der Waals surface area contributed by atoms with Crippen molar-refractivity contribution in [1.29, 1.82) is 0 Å². The van der Waals surface area contributed by atoms with E-state index in [2.05, 4.69) is 26.0 Å². The number of anilines is 1. The molecule has 2 aromatic rings. The summed E-state index contributed by atoms with van der Waals surface area (Å²) in [5, 5.41) is 4.32. The molecule has 124 valence electrons. The van der Waals surface area contributed by atoms with E-state index in [0.717, 1.165) is 50.8 Å². The van der Waals surface area contributed by atoms with Crippen LogP contribution in [0, 0.1) is 18.8 Å². The number of rotatable bonds is 5. The first-order chi connectivity index (χ1) is 11.3. The largest absolute Gasteiger partial charge is 0.382 e. The summed E-state index contributed by atoms with van der Waals surface area (Å²) in [5.41, 5.74) is 0.964. The van der Waals surface area contributed by atoms with Crippen molar-refractivity contribution in [2.45, 2.75) is 26.4 Å². The standard InChI is InChI=1S/C16H23N5O2/c1-3-22-5-4-12-9-23-14-8-20(7-13(12)14)15-6-11(2)19-16-17-10-18-21(15)16/h6,10,12-14H,3-5,7-9H2,1-2H3/t12-,13-,14-/m0/s1. The first-order valence-electron chi connectivity index (χ1n) is 8.38. The Labute approximate surface area is 135 Å². The van der Waals surface area contributed by atoms with Crippen LogP contribution in [0.5, 0.6) is 0 Å². The minimum absolute atomic E-state index is 0.314. The molecule has 0 radical (unpaired) electrons. The summed E-state index contributed by atoms with van der Waals surface area (Å²) in [6.45, 7) is 8.43. The van der Waals surface area contributed by atoms with Crippen molar-refractivity contribution in [3.63, 3.8) is 0 Å². The molecule has 2 aliphatic rings. The second-order valence-electron chi connectivity index (χ2n) is 6.41. The van der Waals surface area contributed by atoms with E-state index in [0.29, 0.717) is 23.7 Å². The van der Waals surface area contributed by atoms with E-state index >= 15 is 0 Å². The predicted molar refractivity (Wildman–Crippen MR) is 85.6 cm³/mol. The van der Waals surface area contributed by atoms with Crippen LogP contribution < -0.4 is 4.90 Å². The smallest absolute Gasteiger partial charge is 0.254 e. The first-order valence-corrected chi connectivity index (χ1v) is 8.38. The SMILES string of the molecule is CCOCC[C@H]1CO[C@H]2CN(c3cc(C)nc4ncnn34)C[C@@H]12. The fourth-order valence-electron chi connectivity index (χ4n) is 3.80. The zero-order valence-electron chi connectivity index (χ0n) is 13.7. The second kappa shape index (κ2) is 6.05. The van der Waals surface area contributed by atoms with E-state index < -0.39 is 0 Å². The maximum absolute atomic E-state index is 6.04. The maximum Gasteiger partial charge on any atom is 0.254 e. The van der Waals surface area contributed by atoms with Crippen LogP contribution in [0.4, 0.5) is 5.82 Å². The molecular formula is C16H23N5O2. The Morgan fingerprint density at radius 1 is 1.39 bits per heavy atom. The molecule has 23 heavy (non-hydrogen) atoms. The molecule has 7 nitrogen and oxygen atoms in total. The molecule has 0 aromatic carbocycles. The van der Waals surface area contributed by atoms with Crippen LogP contribution >= 0.6 is 0 Å². The molecule has 0 unspecified atom stereocenters. The van der Waals surface area contributed by atoms with Crippen LogP contribution in [0.2, 0.25) is 0 Å². The van der Waals surface area contributed by atoms with Crippen molar-refractivity contribution >= 4 is 11.6 Å². The molecule has 0 bridgehead atoms. The van der Waals surface area contributed by atoms with Crippen LogP contribution in [0.15, 0.2) is 12.4 Å². The van der Waals surface area contributed by atoms with Crippen LogP contribution in [-0.4, -0.2) is 58.6 Å². The number of fused-ring (bicyclic) bond motifs is 2. The minimum atomic E-state index is 0.314. The molecule has 0 amide bonds. The van der Waals surface area contributed by atoms with Crippen molar-refractivity contribution in [2.24, 2.45) is 11.8 Å². The molecule has 4 heterocycles. The molecular weight excluding hydrogens is 294 g/mol. The molecule has 2 fully saturated rings. The molecule has 2 aliphatic heterocycles. The van der Waals surface area contributed by atoms with Gasteiger partial charge in [0, 0.05) is 44.0 Å². The molecule has 2 aromatic heterocycles. The van der Waals surface area contributed by atoms with Crippen LogP contribution in [0.3, 0.4) is 0 Å². The highest BCUT2D eigenvalue weighted by Crippen LogP contribution is 2.37. The van der Waals surface area contributed by atoms with Gasteiger partial charge in [0.05, 0.1) is 12.7 Å². The van der Waals surface area contributed by atoms with E-state index in [1.807, 2.05) is 18.4 Å². The summed E-state index contributed by atoms with van der Waals surface area (Å²) < 4.78 is 13.4. The van der Waals surface area contributed by atoms with Crippen LogP contribution in [0.1, 0.15) is 19.0 Å².